The van der Waals surface area contributed by atoms with Crippen LogP contribution in [0.4, 0.5) is 0 Å². The first kappa shape index (κ1) is 11.2. The molecular formula is C13H21N. The van der Waals surface area contributed by atoms with E-state index in [-0.39, 0.29) is 0 Å². The van der Waals surface area contributed by atoms with Crippen molar-refractivity contribution in [3.05, 3.63) is 28.6 Å². The van der Waals surface area contributed by atoms with Crippen molar-refractivity contribution >= 4 is 0 Å². The maximum Gasteiger partial charge on any atom is 0.0466 e. The first-order valence-electron chi connectivity index (χ1n) is 5.41. The van der Waals surface area contributed by atoms with Crippen molar-refractivity contribution in [3.8, 4) is 0 Å². The van der Waals surface area contributed by atoms with Gasteiger partial charge in [0.15, 0.2) is 0 Å². The second-order valence-electron chi connectivity index (χ2n) is 4.67. The molecule has 1 aromatic heterocycles. The first-order valence-corrected chi connectivity index (χ1v) is 5.41. The van der Waals surface area contributed by atoms with Crippen molar-refractivity contribution in [3.63, 3.8) is 0 Å². The summed E-state index contributed by atoms with van der Waals surface area (Å²) in [5.74, 6) is 1.09. The molecule has 0 aliphatic carbocycles. The van der Waals surface area contributed by atoms with Gasteiger partial charge >= 0.3 is 0 Å². The predicted molar refractivity (Wildman–Crippen MR) is 61.9 cm³/mol. The summed E-state index contributed by atoms with van der Waals surface area (Å²) in [4.78, 5) is 4.69. The Balaban J connectivity index is 3.31. The fourth-order valence-corrected chi connectivity index (χ4v) is 1.67. The summed E-state index contributed by atoms with van der Waals surface area (Å²) in [6, 6.07) is 2.29. The van der Waals surface area contributed by atoms with E-state index in [4.69, 9.17) is 4.98 Å². The maximum absolute atomic E-state index is 4.69. The average Bonchev–Trinajstić information content (AvgIpc) is 2.08. The van der Waals surface area contributed by atoms with Gasteiger partial charge in [-0.1, -0.05) is 33.8 Å². The maximum atomic E-state index is 4.69. The molecule has 0 fully saturated rings. The summed E-state index contributed by atoms with van der Waals surface area (Å²) >= 11 is 0. The smallest absolute Gasteiger partial charge is 0.0466 e. The lowest BCUT2D eigenvalue weighted by molar-refractivity contribution is 0.749. The highest BCUT2D eigenvalue weighted by Gasteiger charge is 2.12. The number of nitrogens with zero attached hydrogens (tertiary/aromatic N) is 1. The van der Waals surface area contributed by atoms with Crippen LogP contribution in [0, 0.1) is 13.8 Å². The monoisotopic (exact) mass is 191 g/mol. The van der Waals surface area contributed by atoms with Crippen LogP contribution in [0.5, 0.6) is 0 Å². The Bertz CT molecular complexity index is 291. The predicted octanol–water partition coefficient (Wildman–Crippen LogP) is 3.95. The second-order valence-corrected chi connectivity index (χ2v) is 4.67. The largest absolute Gasteiger partial charge is 0.257 e. The molecule has 0 atom stereocenters. The van der Waals surface area contributed by atoms with E-state index in [1.165, 1.54) is 16.8 Å². The van der Waals surface area contributed by atoms with E-state index >= 15 is 0 Å². The van der Waals surface area contributed by atoms with Crippen molar-refractivity contribution < 1.29 is 0 Å². The minimum absolute atomic E-state index is 0.520. The van der Waals surface area contributed by atoms with Crippen molar-refractivity contribution in [1.29, 1.82) is 0 Å². The molecule has 14 heavy (non-hydrogen) atoms. The molecule has 0 amide bonds. The molecular weight excluding hydrogens is 170 g/mol. The normalized spacial score (nSPS) is 11.4. The van der Waals surface area contributed by atoms with Gasteiger partial charge < -0.3 is 0 Å². The highest BCUT2D eigenvalue weighted by atomic mass is 14.7. The zero-order valence-electron chi connectivity index (χ0n) is 10.2. The van der Waals surface area contributed by atoms with Crippen LogP contribution in [0.15, 0.2) is 6.07 Å². The summed E-state index contributed by atoms with van der Waals surface area (Å²) < 4.78 is 0. The molecule has 1 aromatic rings. The van der Waals surface area contributed by atoms with Crippen LogP contribution in [0.1, 0.15) is 62.0 Å². The Hall–Kier alpha value is -0.850. The fraction of sp³-hybridized carbons (Fsp3) is 0.615. The van der Waals surface area contributed by atoms with E-state index in [9.17, 15) is 0 Å². The standard InChI is InChI=1S/C13H21N/c1-8(2)12-7-10(5)11(6)14-13(12)9(3)4/h7-9H,1-6H3. The zero-order valence-corrected chi connectivity index (χ0v) is 10.2. The van der Waals surface area contributed by atoms with Crippen molar-refractivity contribution in [2.75, 3.05) is 0 Å². The molecule has 0 saturated heterocycles. The Morgan fingerprint density at radius 3 is 2.00 bits per heavy atom. The lowest BCUT2D eigenvalue weighted by atomic mass is 9.93. The minimum atomic E-state index is 0.520. The third kappa shape index (κ3) is 2.14. The van der Waals surface area contributed by atoms with Crippen LogP contribution in [-0.4, -0.2) is 4.98 Å². The van der Waals surface area contributed by atoms with E-state index in [0.717, 1.165) is 5.69 Å². The molecule has 0 radical (unpaired) electrons. The number of aromatic nitrogens is 1. The van der Waals surface area contributed by atoms with E-state index in [2.05, 4.69) is 47.6 Å². The zero-order chi connectivity index (χ0) is 10.9. The Kier molecular flexibility index (Phi) is 3.30. The molecule has 0 spiro atoms. The molecule has 1 heterocycles. The van der Waals surface area contributed by atoms with E-state index in [0.29, 0.717) is 11.8 Å². The molecule has 0 saturated carbocycles. The highest BCUT2D eigenvalue weighted by molar-refractivity contribution is 5.33. The van der Waals surface area contributed by atoms with Crippen molar-refractivity contribution in [2.45, 2.75) is 53.4 Å². The third-order valence-electron chi connectivity index (χ3n) is 2.70. The molecule has 1 rings (SSSR count). The Morgan fingerprint density at radius 1 is 1.00 bits per heavy atom. The summed E-state index contributed by atoms with van der Waals surface area (Å²) in [7, 11) is 0. The number of hydrogen-bond acceptors (Lipinski definition) is 1. The minimum Gasteiger partial charge on any atom is -0.257 e. The molecule has 0 aliphatic rings. The van der Waals surface area contributed by atoms with Crippen LogP contribution < -0.4 is 0 Å². The van der Waals surface area contributed by atoms with Gasteiger partial charge in [0, 0.05) is 11.4 Å². The van der Waals surface area contributed by atoms with Gasteiger partial charge in [-0.2, -0.15) is 0 Å². The number of hydrogen-bond donors (Lipinski definition) is 0. The molecule has 0 unspecified atom stereocenters. The first-order chi connectivity index (χ1) is 6.43. The topological polar surface area (TPSA) is 12.9 Å². The van der Waals surface area contributed by atoms with Crippen molar-refractivity contribution in [1.82, 2.24) is 4.98 Å². The summed E-state index contributed by atoms with van der Waals surface area (Å²) in [5, 5.41) is 0. The molecule has 1 nitrogen and oxygen atoms in total. The van der Waals surface area contributed by atoms with Gasteiger partial charge in [-0.25, -0.2) is 0 Å². The quantitative estimate of drug-likeness (QED) is 0.690. The van der Waals surface area contributed by atoms with Crippen LogP contribution in [0.25, 0.3) is 0 Å². The molecule has 1 heteroatoms. The number of rotatable bonds is 2. The summed E-state index contributed by atoms with van der Waals surface area (Å²) in [5.41, 5.74) is 5.14. The van der Waals surface area contributed by atoms with Gasteiger partial charge in [0.1, 0.15) is 0 Å². The van der Waals surface area contributed by atoms with Gasteiger partial charge in [0.05, 0.1) is 0 Å². The Morgan fingerprint density at radius 2 is 1.57 bits per heavy atom. The van der Waals surface area contributed by atoms with Gasteiger partial charge in [-0.3, -0.25) is 4.98 Å². The van der Waals surface area contributed by atoms with E-state index in [1.54, 1.807) is 0 Å². The lowest BCUT2D eigenvalue weighted by Crippen LogP contribution is -2.04. The van der Waals surface area contributed by atoms with Crippen molar-refractivity contribution in [2.24, 2.45) is 0 Å². The third-order valence-corrected chi connectivity index (χ3v) is 2.70. The summed E-state index contributed by atoms with van der Waals surface area (Å²) in [6.45, 7) is 13.1. The van der Waals surface area contributed by atoms with Gasteiger partial charge in [-0.05, 0) is 36.8 Å². The SMILES string of the molecule is Cc1cc(C(C)C)c(C(C)C)nc1C. The lowest BCUT2D eigenvalue weighted by Gasteiger charge is -2.16. The van der Waals surface area contributed by atoms with Crippen LogP contribution in [0.3, 0.4) is 0 Å². The molecule has 0 bridgehead atoms. The van der Waals surface area contributed by atoms with Crippen LogP contribution >= 0.6 is 0 Å². The molecule has 0 N–H and O–H groups in total. The van der Waals surface area contributed by atoms with Gasteiger partial charge in [-0.15, -0.1) is 0 Å². The highest BCUT2D eigenvalue weighted by Crippen LogP contribution is 2.26. The van der Waals surface area contributed by atoms with Crippen LogP contribution in [0.2, 0.25) is 0 Å². The number of aryl methyl sites for hydroxylation is 2. The van der Waals surface area contributed by atoms with Gasteiger partial charge in [0.25, 0.3) is 0 Å². The summed E-state index contributed by atoms with van der Waals surface area (Å²) in [6.07, 6.45) is 0. The molecule has 0 aromatic carbocycles. The average molecular weight is 191 g/mol. The molecule has 0 aliphatic heterocycles. The Labute approximate surface area is 87.6 Å². The van der Waals surface area contributed by atoms with E-state index in [1.807, 2.05) is 0 Å². The second kappa shape index (κ2) is 4.12. The number of pyridine rings is 1. The molecule has 78 valence electrons. The van der Waals surface area contributed by atoms with Crippen LogP contribution in [-0.2, 0) is 0 Å². The fourth-order valence-electron chi connectivity index (χ4n) is 1.67. The van der Waals surface area contributed by atoms with Gasteiger partial charge in [0.2, 0.25) is 0 Å². The van der Waals surface area contributed by atoms with E-state index < -0.39 is 0 Å².